The molecule has 0 bridgehead atoms. The van der Waals surface area contributed by atoms with Gasteiger partial charge in [0.1, 0.15) is 12.1 Å². The van der Waals surface area contributed by atoms with E-state index in [9.17, 15) is 29.1 Å². The van der Waals surface area contributed by atoms with Crippen LogP contribution in [0, 0.1) is 5.92 Å². The molecule has 5 unspecified atom stereocenters. The Morgan fingerprint density at radius 1 is 1.03 bits per heavy atom. The zero-order valence-corrected chi connectivity index (χ0v) is 17.3. The molecule has 0 aromatic rings. The van der Waals surface area contributed by atoms with Gasteiger partial charge in [-0.2, -0.15) is 0 Å². The molecule has 1 heterocycles. The maximum absolute atomic E-state index is 12.7. The van der Waals surface area contributed by atoms with Crippen molar-refractivity contribution in [3.8, 4) is 0 Å². The summed E-state index contributed by atoms with van der Waals surface area (Å²) in [7, 11) is 0. The predicted molar refractivity (Wildman–Crippen MR) is 105 cm³/mol. The lowest BCUT2D eigenvalue weighted by molar-refractivity contribution is -0.145. The van der Waals surface area contributed by atoms with E-state index < -0.39 is 72.2 Å². The van der Waals surface area contributed by atoms with Crippen LogP contribution in [0.2, 0.25) is 0 Å². The monoisotopic (exact) mass is 429 g/mol. The molecule has 5 atom stereocenters. The molecule has 30 heavy (non-hydrogen) atoms. The number of aliphatic carboxylic acids is 1. The van der Waals surface area contributed by atoms with Crippen LogP contribution in [0.5, 0.6) is 0 Å². The van der Waals surface area contributed by atoms with Crippen LogP contribution in [0.1, 0.15) is 40.0 Å². The molecule has 1 saturated heterocycles. The first-order chi connectivity index (χ1) is 13.9. The standard InChI is InChI=1S/C18H31N5O7/c1-8(2)13(17(28)23-14(9(3)24)18(29)30)22-16(27)11(7-12(19)25)21-15(26)10-5-4-6-20-10/h8-11,13-14,20,24H,4-7H2,1-3H3,(H2,19,25)(H,21,26)(H,22,27)(H,23,28)(H,29,30). The highest BCUT2D eigenvalue weighted by Crippen LogP contribution is 2.08. The van der Waals surface area contributed by atoms with Crippen LogP contribution in [-0.2, 0) is 24.0 Å². The summed E-state index contributed by atoms with van der Waals surface area (Å²) >= 11 is 0. The van der Waals surface area contributed by atoms with Gasteiger partial charge < -0.3 is 37.2 Å². The second-order valence-electron chi connectivity index (χ2n) is 7.68. The van der Waals surface area contributed by atoms with Crippen molar-refractivity contribution in [2.24, 2.45) is 11.7 Å². The topological polar surface area (TPSA) is 200 Å². The third-order valence-corrected chi connectivity index (χ3v) is 4.71. The minimum atomic E-state index is -1.56. The van der Waals surface area contributed by atoms with Gasteiger partial charge >= 0.3 is 5.97 Å². The van der Waals surface area contributed by atoms with Crippen LogP contribution in [0.3, 0.4) is 0 Å². The Bertz CT molecular complexity index is 661. The Balaban J connectivity index is 2.89. The van der Waals surface area contributed by atoms with Gasteiger partial charge in [-0.1, -0.05) is 13.8 Å². The summed E-state index contributed by atoms with van der Waals surface area (Å²) in [5.41, 5.74) is 5.19. The van der Waals surface area contributed by atoms with Crippen molar-refractivity contribution in [2.45, 2.75) is 70.3 Å². The molecule has 0 aliphatic carbocycles. The number of hydrogen-bond donors (Lipinski definition) is 7. The number of carboxylic acids is 1. The highest BCUT2D eigenvalue weighted by Gasteiger charge is 2.34. The number of carbonyl (C=O) groups is 5. The summed E-state index contributed by atoms with van der Waals surface area (Å²) < 4.78 is 0. The molecule has 1 aliphatic heterocycles. The van der Waals surface area contributed by atoms with E-state index in [-0.39, 0.29) is 0 Å². The number of primary amides is 1. The number of hydrogen-bond acceptors (Lipinski definition) is 7. The van der Waals surface area contributed by atoms with E-state index in [1.807, 2.05) is 0 Å². The molecule has 0 spiro atoms. The highest BCUT2D eigenvalue weighted by molar-refractivity contribution is 5.96. The smallest absolute Gasteiger partial charge is 0.328 e. The molecule has 12 nitrogen and oxygen atoms in total. The first-order valence-electron chi connectivity index (χ1n) is 9.77. The van der Waals surface area contributed by atoms with E-state index in [4.69, 9.17) is 10.8 Å². The highest BCUT2D eigenvalue weighted by atomic mass is 16.4. The SMILES string of the molecule is CC(C)C(NC(=O)C(CC(N)=O)NC(=O)C1CCCN1)C(=O)NC(C(=O)O)C(C)O. The molecule has 0 radical (unpaired) electrons. The number of aliphatic hydroxyl groups is 1. The van der Waals surface area contributed by atoms with Crippen LogP contribution in [0.4, 0.5) is 0 Å². The lowest BCUT2D eigenvalue weighted by atomic mass is 10.0. The van der Waals surface area contributed by atoms with Gasteiger partial charge in [-0.15, -0.1) is 0 Å². The number of nitrogens with two attached hydrogens (primary N) is 1. The predicted octanol–water partition coefficient (Wildman–Crippen LogP) is -2.81. The molecule has 0 aromatic heterocycles. The largest absolute Gasteiger partial charge is 0.480 e. The second-order valence-corrected chi connectivity index (χ2v) is 7.68. The van der Waals surface area contributed by atoms with Gasteiger partial charge in [0, 0.05) is 0 Å². The van der Waals surface area contributed by atoms with E-state index in [0.717, 1.165) is 6.42 Å². The summed E-state index contributed by atoms with van der Waals surface area (Å²) in [5.74, 6) is -4.81. The van der Waals surface area contributed by atoms with Crippen LogP contribution in [-0.4, -0.2) is 76.6 Å². The Hall–Kier alpha value is -2.73. The van der Waals surface area contributed by atoms with Gasteiger partial charge in [-0.25, -0.2) is 4.79 Å². The van der Waals surface area contributed by atoms with Crippen molar-refractivity contribution in [3.05, 3.63) is 0 Å². The Morgan fingerprint density at radius 2 is 1.63 bits per heavy atom. The molecular weight excluding hydrogens is 398 g/mol. The number of amides is 4. The molecule has 0 saturated carbocycles. The number of rotatable bonds is 11. The maximum atomic E-state index is 12.7. The van der Waals surface area contributed by atoms with E-state index in [2.05, 4.69) is 21.3 Å². The molecule has 8 N–H and O–H groups in total. The molecule has 12 heteroatoms. The quantitative estimate of drug-likeness (QED) is 0.182. The van der Waals surface area contributed by atoms with E-state index in [1.54, 1.807) is 13.8 Å². The maximum Gasteiger partial charge on any atom is 0.328 e. The van der Waals surface area contributed by atoms with Gasteiger partial charge in [-0.05, 0) is 32.2 Å². The average molecular weight is 429 g/mol. The van der Waals surface area contributed by atoms with Crippen molar-refractivity contribution in [1.29, 1.82) is 0 Å². The minimum Gasteiger partial charge on any atom is -0.480 e. The van der Waals surface area contributed by atoms with Gasteiger partial charge in [0.15, 0.2) is 6.04 Å². The van der Waals surface area contributed by atoms with Crippen LogP contribution < -0.4 is 27.0 Å². The van der Waals surface area contributed by atoms with Crippen LogP contribution in [0.15, 0.2) is 0 Å². The summed E-state index contributed by atoms with van der Waals surface area (Å²) in [4.78, 5) is 60.1. The van der Waals surface area contributed by atoms with Crippen LogP contribution in [0.25, 0.3) is 0 Å². The fourth-order valence-corrected chi connectivity index (χ4v) is 3.01. The number of carboxylic acid groups (broad SMARTS) is 1. The first-order valence-corrected chi connectivity index (χ1v) is 9.77. The Morgan fingerprint density at radius 3 is 2.07 bits per heavy atom. The average Bonchev–Trinajstić information content (AvgIpc) is 3.16. The third kappa shape index (κ3) is 7.59. The van der Waals surface area contributed by atoms with Gasteiger partial charge in [0.2, 0.25) is 23.6 Å². The fraction of sp³-hybridized carbons (Fsp3) is 0.722. The van der Waals surface area contributed by atoms with Crippen molar-refractivity contribution >= 4 is 29.6 Å². The van der Waals surface area contributed by atoms with E-state index in [0.29, 0.717) is 13.0 Å². The Kier molecular flexibility index (Phi) is 9.66. The van der Waals surface area contributed by atoms with Crippen LogP contribution >= 0.6 is 0 Å². The zero-order chi connectivity index (χ0) is 23.0. The molecule has 0 aromatic carbocycles. The molecule has 4 amide bonds. The summed E-state index contributed by atoms with van der Waals surface area (Å²) in [6, 6.07) is -4.52. The first kappa shape index (κ1) is 25.3. The molecule has 170 valence electrons. The normalized spacial score (nSPS) is 20.0. The summed E-state index contributed by atoms with van der Waals surface area (Å²) in [5, 5.41) is 28.7. The molecule has 1 fully saturated rings. The number of nitrogens with one attached hydrogen (secondary N) is 4. The van der Waals surface area contributed by atoms with Crippen molar-refractivity contribution in [2.75, 3.05) is 6.54 Å². The number of aliphatic hydroxyl groups excluding tert-OH is 1. The van der Waals surface area contributed by atoms with Crippen molar-refractivity contribution in [1.82, 2.24) is 21.3 Å². The molecule has 1 aliphatic rings. The van der Waals surface area contributed by atoms with E-state index in [1.165, 1.54) is 6.92 Å². The second kappa shape index (κ2) is 11.5. The third-order valence-electron chi connectivity index (χ3n) is 4.71. The van der Waals surface area contributed by atoms with Gasteiger partial charge in [-0.3, -0.25) is 19.2 Å². The molecular formula is C18H31N5O7. The Labute approximate surface area is 174 Å². The lowest BCUT2D eigenvalue weighted by Crippen LogP contribution is -2.60. The summed E-state index contributed by atoms with van der Waals surface area (Å²) in [6.45, 7) is 5.10. The zero-order valence-electron chi connectivity index (χ0n) is 17.3. The fourth-order valence-electron chi connectivity index (χ4n) is 3.01. The summed E-state index contributed by atoms with van der Waals surface area (Å²) in [6.07, 6.45) is -0.448. The van der Waals surface area contributed by atoms with E-state index >= 15 is 0 Å². The van der Waals surface area contributed by atoms with Crippen molar-refractivity contribution < 1.29 is 34.2 Å². The van der Waals surface area contributed by atoms with Gasteiger partial charge in [0.25, 0.3) is 0 Å². The number of carbonyl (C=O) groups excluding carboxylic acids is 4. The lowest BCUT2D eigenvalue weighted by Gasteiger charge is -2.27. The van der Waals surface area contributed by atoms with Crippen molar-refractivity contribution in [3.63, 3.8) is 0 Å². The molecule has 1 rings (SSSR count). The minimum absolute atomic E-state index is 0.459. The van der Waals surface area contributed by atoms with Gasteiger partial charge in [0.05, 0.1) is 18.6 Å².